The number of fused-ring (bicyclic) bond motifs is 1. The van der Waals surface area contributed by atoms with Gasteiger partial charge < -0.3 is 20.1 Å². The minimum atomic E-state index is -0.420. The Hall–Kier alpha value is -2.69. The summed E-state index contributed by atoms with van der Waals surface area (Å²) >= 11 is 0. The maximum Gasteiger partial charge on any atom is 0.251 e. The summed E-state index contributed by atoms with van der Waals surface area (Å²) in [5, 5.41) is 6.14. The molecule has 0 saturated carbocycles. The quantitative estimate of drug-likeness (QED) is 0.910. The Labute approximate surface area is 122 Å². The van der Waals surface area contributed by atoms with Gasteiger partial charge in [0.2, 0.25) is 0 Å². The zero-order chi connectivity index (χ0) is 14.8. The molecule has 21 heavy (non-hydrogen) atoms. The Morgan fingerprint density at radius 3 is 2.19 bits per heavy atom. The summed E-state index contributed by atoms with van der Waals surface area (Å²) in [5.74, 6) is 1.10. The Bertz CT molecular complexity index is 671. The number of amides is 1. The smallest absolute Gasteiger partial charge is 0.251 e. The van der Waals surface area contributed by atoms with Crippen molar-refractivity contribution in [1.82, 2.24) is 0 Å². The molecule has 0 radical (unpaired) electrons. The molecule has 1 atom stereocenters. The van der Waals surface area contributed by atoms with Gasteiger partial charge in [0.25, 0.3) is 5.91 Å². The van der Waals surface area contributed by atoms with Gasteiger partial charge in [-0.15, -0.1) is 0 Å². The second-order valence-electron chi connectivity index (χ2n) is 4.73. The number of hydrogen-bond donors (Lipinski definition) is 2. The summed E-state index contributed by atoms with van der Waals surface area (Å²) in [6.07, 6.45) is 0. The highest BCUT2D eigenvalue weighted by Gasteiger charge is 2.28. The van der Waals surface area contributed by atoms with Crippen LogP contribution in [0.4, 0.5) is 11.4 Å². The Morgan fingerprint density at radius 2 is 1.57 bits per heavy atom. The lowest BCUT2D eigenvalue weighted by molar-refractivity contribution is -0.117. The molecule has 2 aromatic carbocycles. The molecular formula is C16H16N2O3. The molecule has 1 amide bonds. The number of carbonyl (C=O) groups excluding carboxylic acids is 1. The fraction of sp³-hybridized carbons (Fsp3) is 0.188. The normalized spacial score (nSPS) is 16.5. The molecule has 0 aliphatic carbocycles. The maximum atomic E-state index is 12.3. The summed E-state index contributed by atoms with van der Waals surface area (Å²) in [4.78, 5) is 12.3. The van der Waals surface area contributed by atoms with Gasteiger partial charge in [0.1, 0.15) is 6.04 Å². The van der Waals surface area contributed by atoms with Gasteiger partial charge in [0.05, 0.1) is 25.6 Å². The van der Waals surface area contributed by atoms with Crippen LogP contribution in [0.1, 0.15) is 11.6 Å². The van der Waals surface area contributed by atoms with Crippen molar-refractivity contribution in [3.05, 3.63) is 48.0 Å². The minimum absolute atomic E-state index is 0.0964. The van der Waals surface area contributed by atoms with Crippen molar-refractivity contribution in [3.8, 4) is 11.5 Å². The second kappa shape index (κ2) is 5.36. The average Bonchev–Trinajstić information content (AvgIpc) is 2.53. The Kier molecular flexibility index (Phi) is 3.39. The van der Waals surface area contributed by atoms with E-state index in [0.29, 0.717) is 17.2 Å². The summed E-state index contributed by atoms with van der Waals surface area (Å²) < 4.78 is 10.5. The molecule has 2 N–H and O–H groups in total. The van der Waals surface area contributed by atoms with Crippen molar-refractivity contribution in [2.45, 2.75) is 6.04 Å². The van der Waals surface area contributed by atoms with Gasteiger partial charge in [0, 0.05) is 12.1 Å². The molecule has 5 nitrogen and oxygen atoms in total. The summed E-state index contributed by atoms with van der Waals surface area (Å²) in [6, 6.07) is 12.7. The highest BCUT2D eigenvalue weighted by atomic mass is 16.5. The molecule has 1 unspecified atom stereocenters. The van der Waals surface area contributed by atoms with Crippen LogP contribution in [0.5, 0.6) is 11.5 Å². The molecule has 0 saturated heterocycles. The van der Waals surface area contributed by atoms with Crippen molar-refractivity contribution < 1.29 is 14.3 Å². The molecule has 0 spiro atoms. The summed E-state index contributed by atoms with van der Waals surface area (Å²) in [6.45, 7) is 0. The second-order valence-corrected chi connectivity index (χ2v) is 4.73. The fourth-order valence-corrected chi connectivity index (χ4v) is 2.41. The zero-order valence-corrected chi connectivity index (χ0v) is 11.8. The number of benzene rings is 2. The van der Waals surface area contributed by atoms with Crippen LogP contribution in [0.2, 0.25) is 0 Å². The van der Waals surface area contributed by atoms with E-state index in [1.165, 1.54) is 0 Å². The maximum absolute atomic E-state index is 12.3. The lowest BCUT2D eigenvalue weighted by atomic mass is 10.0. The van der Waals surface area contributed by atoms with E-state index in [1.807, 2.05) is 36.4 Å². The van der Waals surface area contributed by atoms with Gasteiger partial charge in [-0.05, 0) is 5.56 Å². The van der Waals surface area contributed by atoms with Crippen LogP contribution in [-0.4, -0.2) is 20.1 Å². The van der Waals surface area contributed by atoms with E-state index in [1.54, 1.807) is 20.3 Å². The van der Waals surface area contributed by atoms with Crippen LogP contribution in [-0.2, 0) is 4.79 Å². The molecule has 1 heterocycles. The number of hydrogen-bond acceptors (Lipinski definition) is 4. The minimum Gasteiger partial charge on any atom is -0.493 e. The first-order valence-corrected chi connectivity index (χ1v) is 6.61. The summed E-state index contributed by atoms with van der Waals surface area (Å²) in [5.41, 5.74) is 2.40. The topological polar surface area (TPSA) is 59.6 Å². The van der Waals surface area contributed by atoms with E-state index in [2.05, 4.69) is 10.6 Å². The number of anilines is 2. The average molecular weight is 284 g/mol. The van der Waals surface area contributed by atoms with Crippen molar-refractivity contribution in [2.24, 2.45) is 0 Å². The van der Waals surface area contributed by atoms with Gasteiger partial charge in [0.15, 0.2) is 11.5 Å². The van der Waals surface area contributed by atoms with Crippen LogP contribution >= 0.6 is 0 Å². The van der Waals surface area contributed by atoms with Crippen molar-refractivity contribution in [2.75, 3.05) is 24.9 Å². The SMILES string of the molecule is COc1cc2c(cc1OC)NC(c1ccccc1)C(=O)N2. The third-order valence-electron chi connectivity index (χ3n) is 3.48. The van der Waals surface area contributed by atoms with E-state index in [9.17, 15) is 4.79 Å². The third-order valence-corrected chi connectivity index (χ3v) is 3.48. The number of carbonyl (C=O) groups is 1. The lowest BCUT2D eigenvalue weighted by Gasteiger charge is -2.28. The van der Waals surface area contributed by atoms with Gasteiger partial charge in [-0.1, -0.05) is 30.3 Å². The van der Waals surface area contributed by atoms with Crippen molar-refractivity contribution >= 4 is 17.3 Å². The van der Waals surface area contributed by atoms with Crippen LogP contribution in [0.3, 0.4) is 0 Å². The number of rotatable bonds is 3. The zero-order valence-electron chi connectivity index (χ0n) is 11.8. The first kappa shape index (κ1) is 13.3. The molecule has 5 heteroatoms. The first-order valence-electron chi connectivity index (χ1n) is 6.61. The lowest BCUT2D eigenvalue weighted by Crippen LogP contribution is -2.31. The van der Waals surface area contributed by atoms with E-state index in [0.717, 1.165) is 11.3 Å². The van der Waals surface area contributed by atoms with E-state index >= 15 is 0 Å². The monoisotopic (exact) mass is 284 g/mol. The van der Waals surface area contributed by atoms with E-state index in [-0.39, 0.29) is 5.91 Å². The van der Waals surface area contributed by atoms with Gasteiger partial charge >= 0.3 is 0 Å². The number of ether oxygens (including phenoxy) is 2. The molecule has 1 aliphatic rings. The Balaban J connectivity index is 1.99. The highest BCUT2D eigenvalue weighted by molar-refractivity contribution is 6.04. The molecular weight excluding hydrogens is 268 g/mol. The molecule has 0 bridgehead atoms. The van der Waals surface area contributed by atoms with Crippen LogP contribution < -0.4 is 20.1 Å². The van der Waals surface area contributed by atoms with Gasteiger partial charge in [-0.3, -0.25) is 4.79 Å². The predicted octanol–water partition coefficient (Wildman–Crippen LogP) is 2.81. The van der Waals surface area contributed by atoms with Crippen LogP contribution in [0.25, 0.3) is 0 Å². The first-order chi connectivity index (χ1) is 10.2. The van der Waals surface area contributed by atoms with E-state index < -0.39 is 6.04 Å². The van der Waals surface area contributed by atoms with E-state index in [4.69, 9.17) is 9.47 Å². The third kappa shape index (κ3) is 2.38. The largest absolute Gasteiger partial charge is 0.493 e. The van der Waals surface area contributed by atoms with Gasteiger partial charge in [-0.2, -0.15) is 0 Å². The predicted molar refractivity (Wildman–Crippen MR) is 81.0 cm³/mol. The summed E-state index contributed by atoms with van der Waals surface area (Å²) in [7, 11) is 3.15. The molecule has 108 valence electrons. The highest BCUT2D eigenvalue weighted by Crippen LogP contribution is 2.40. The molecule has 1 aliphatic heterocycles. The molecule has 2 aromatic rings. The number of methoxy groups -OCH3 is 2. The Morgan fingerprint density at radius 1 is 0.952 bits per heavy atom. The van der Waals surface area contributed by atoms with Crippen LogP contribution in [0.15, 0.2) is 42.5 Å². The van der Waals surface area contributed by atoms with Crippen molar-refractivity contribution in [1.29, 1.82) is 0 Å². The molecule has 0 fully saturated rings. The molecule has 0 aromatic heterocycles. The fourth-order valence-electron chi connectivity index (χ4n) is 2.41. The standard InChI is InChI=1S/C16H16N2O3/c1-20-13-8-11-12(9-14(13)21-2)18-16(19)15(17-11)10-6-4-3-5-7-10/h3-9,15,17H,1-2H3,(H,18,19). The number of nitrogens with one attached hydrogen (secondary N) is 2. The van der Waals surface area contributed by atoms with Crippen molar-refractivity contribution in [3.63, 3.8) is 0 Å². The van der Waals surface area contributed by atoms with Crippen LogP contribution in [0, 0.1) is 0 Å². The van der Waals surface area contributed by atoms with Gasteiger partial charge in [-0.25, -0.2) is 0 Å². The molecule has 3 rings (SSSR count).